The summed E-state index contributed by atoms with van der Waals surface area (Å²) in [6, 6.07) is 11.0. The molecule has 0 aliphatic carbocycles. The van der Waals surface area contributed by atoms with E-state index in [1.165, 1.54) is 0 Å². The molecule has 0 radical (unpaired) electrons. The zero-order chi connectivity index (χ0) is 10.4. The Morgan fingerprint density at radius 2 is 1.80 bits per heavy atom. The number of hydrogen-bond acceptors (Lipinski definition) is 3. The molecule has 0 amide bonds. The van der Waals surface area contributed by atoms with Gasteiger partial charge in [-0.2, -0.15) is 0 Å². The minimum Gasteiger partial charge on any atom is -0.506 e. The minimum absolute atomic E-state index is 0.0917. The summed E-state index contributed by atoms with van der Waals surface area (Å²) in [5, 5.41) is 11.4. The van der Waals surface area contributed by atoms with Crippen molar-refractivity contribution >= 4 is 27.6 Å². The maximum Gasteiger partial charge on any atom is 0.139 e. The van der Waals surface area contributed by atoms with Crippen LogP contribution in [0.5, 0.6) is 5.75 Å². The second-order valence-corrected chi connectivity index (χ2v) is 3.51. The average molecular weight is 199 g/mol. The molecule has 0 aliphatic heterocycles. The number of phenolic OH excluding ortho intramolecular Hbond substituents is 1. The fourth-order valence-corrected chi connectivity index (χ4v) is 1.78. The van der Waals surface area contributed by atoms with Crippen LogP contribution in [0.15, 0.2) is 40.8 Å². The van der Waals surface area contributed by atoms with Crippen molar-refractivity contribution in [1.29, 1.82) is 0 Å². The lowest BCUT2D eigenvalue weighted by atomic mass is 10.1. The molecule has 0 unspecified atom stereocenters. The van der Waals surface area contributed by atoms with Gasteiger partial charge in [-0.15, -0.1) is 0 Å². The van der Waals surface area contributed by atoms with Crippen LogP contribution in [0, 0.1) is 0 Å². The van der Waals surface area contributed by atoms with Crippen LogP contribution in [0.25, 0.3) is 21.9 Å². The van der Waals surface area contributed by atoms with E-state index in [0.717, 1.165) is 16.4 Å². The summed E-state index contributed by atoms with van der Waals surface area (Å²) >= 11 is 0. The Morgan fingerprint density at radius 1 is 1.00 bits per heavy atom. The van der Waals surface area contributed by atoms with Crippen molar-refractivity contribution in [2.24, 2.45) is 0 Å². The van der Waals surface area contributed by atoms with Crippen molar-refractivity contribution < 1.29 is 9.52 Å². The zero-order valence-corrected chi connectivity index (χ0v) is 7.90. The van der Waals surface area contributed by atoms with Crippen LogP contribution in [0.2, 0.25) is 0 Å². The van der Waals surface area contributed by atoms with Gasteiger partial charge < -0.3 is 15.3 Å². The molecule has 3 nitrogen and oxygen atoms in total. The molecule has 0 bridgehead atoms. The van der Waals surface area contributed by atoms with Gasteiger partial charge in [0.25, 0.3) is 0 Å². The Morgan fingerprint density at radius 3 is 2.67 bits per heavy atom. The minimum atomic E-state index is 0.0917. The largest absolute Gasteiger partial charge is 0.506 e. The van der Waals surface area contributed by atoms with Gasteiger partial charge in [-0.3, -0.25) is 0 Å². The first-order valence-electron chi connectivity index (χ1n) is 4.65. The highest BCUT2D eigenvalue weighted by atomic mass is 16.3. The number of phenols is 1. The van der Waals surface area contributed by atoms with E-state index in [1.54, 1.807) is 12.1 Å². The fraction of sp³-hybridized carbons (Fsp3) is 0. The van der Waals surface area contributed by atoms with Crippen LogP contribution in [0.3, 0.4) is 0 Å². The number of rotatable bonds is 0. The van der Waals surface area contributed by atoms with Gasteiger partial charge in [-0.05, 0) is 12.1 Å². The van der Waals surface area contributed by atoms with E-state index in [2.05, 4.69) is 0 Å². The lowest BCUT2D eigenvalue weighted by molar-refractivity contribution is 0.478. The topological polar surface area (TPSA) is 59.4 Å². The molecule has 74 valence electrons. The Bertz CT molecular complexity index is 655. The molecule has 0 fully saturated rings. The summed E-state index contributed by atoms with van der Waals surface area (Å²) in [5.41, 5.74) is 7.44. The van der Waals surface area contributed by atoms with E-state index in [9.17, 15) is 5.11 Å². The molecule has 3 aromatic rings. The van der Waals surface area contributed by atoms with Crippen LogP contribution >= 0.6 is 0 Å². The van der Waals surface area contributed by atoms with Crippen LogP contribution < -0.4 is 5.73 Å². The van der Waals surface area contributed by atoms with Gasteiger partial charge in [-0.25, -0.2) is 0 Å². The van der Waals surface area contributed by atoms with Gasteiger partial charge in [0.2, 0.25) is 0 Å². The standard InChI is InChI=1S/C12H9NO2/c13-9-6-12-8(5-10(9)14)7-3-1-2-4-11(7)15-12/h1-6,14H,13H2. The Hall–Kier alpha value is -2.16. The normalized spacial score (nSPS) is 11.2. The van der Waals surface area contributed by atoms with Gasteiger partial charge in [0.05, 0.1) is 5.69 Å². The van der Waals surface area contributed by atoms with Gasteiger partial charge in [0, 0.05) is 16.8 Å². The third-order valence-corrected chi connectivity index (χ3v) is 2.53. The third kappa shape index (κ3) is 1.06. The molecule has 2 aromatic carbocycles. The average Bonchev–Trinajstić information content (AvgIpc) is 2.57. The number of furan rings is 1. The van der Waals surface area contributed by atoms with Crippen molar-refractivity contribution in [3.63, 3.8) is 0 Å². The number of fused-ring (bicyclic) bond motifs is 3. The number of anilines is 1. The molecular formula is C12H9NO2. The van der Waals surface area contributed by atoms with Crippen molar-refractivity contribution in [2.45, 2.75) is 0 Å². The van der Waals surface area contributed by atoms with Crippen molar-refractivity contribution in [1.82, 2.24) is 0 Å². The smallest absolute Gasteiger partial charge is 0.139 e. The summed E-state index contributed by atoms with van der Waals surface area (Å²) in [5.74, 6) is 0.0917. The molecular weight excluding hydrogens is 190 g/mol. The predicted octanol–water partition coefficient (Wildman–Crippen LogP) is 2.87. The summed E-state index contributed by atoms with van der Waals surface area (Å²) in [4.78, 5) is 0. The number of nitrogen functional groups attached to an aromatic ring is 1. The summed E-state index contributed by atoms with van der Waals surface area (Å²) in [6.07, 6.45) is 0. The molecule has 0 atom stereocenters. The second-order valence-electron chi connectivity index (χ2n) is 3.51. The molecule has 0 aliphatic rings. The Balaban J connectivity index is 2.56. The summed E-state index contributed by atoms with van der Waals surface area (Å²) in [7, 11) is 0. The molecule has 0 spiro atoms. The van der Waals surface area contributed by atoms with Crippen molar-refractivity contribution in [2.75, 3.05) is 5.73 Å². The monoisotopic (exact) mass is 199 g/mol. The van der Waals surface area contributed by atoms with Gasteiger partial charge in [0.15, 0.2) is 0 Å². The van der Waals surface area contributed by atoms with Crippen LogP contribution in [-0.4, -0.2) is 5.11 Å². The lowest BCUT2D eigenvalue weighted by Gasteiger charge is -1.96. The second kappa shape index (κ2) is 2.67. The van der Waals surface area contributed by atoms with Gasteiger partial charge in [-0.1, -0.05) is 18.2 Å². The van der Waals surface area contributed by atoms with E-state index in [1.807, 2.05) is 24.3 Å². The van der Waals surface area contributed by atoms with E-state index >= 15 is 0 Å². The predicted molar refractivity (Wildman–Crippen MR) is 59.8 cm³/mol. The number of para-hydroxylation sites is 1. The van der Waals surface area contributed by atoms with Gasteiger partial charge >= 0.3 is 0 Å². The molecule has 0 saturated carbocycles. The molecule has 3 heteroatoms. The zero-order valence-electron chi connectivity index (χ0n) is 7.90. The maximum absolute atomic E-state index is 9.53. The van der Waals surface area contributed by atoms with E-state index in [0.29, 0.717) is 11.3 Å². The van der Waals surface area contributed by atoms with Gasteiger partial charge in [0.1, 0.15) is 16.9 Å². The Kier molecular flexibility index (Phi) is 1.45. The first-order valence-corrected chi connectivity index (χ1v) is 4.65. The number of aromatic hydroxyl groups is 1. The van der Waals surface area contributed by atoms with Crippen molar-refractivity contribution in [3.8, 4) is 5.75 Å². The summed E-state index contributed by atoms with van der Waals surface area (Å²) in [6.45, 7) is 0. The van der Waals surface area contributed by atoms with Crippen molar-refractivity contribution in [3.05, 3.63) is 36.4 Å². The Labute approximate surface area is 85.7 Å². The first-order chi connectivity index (χ1) is 7.25. The lowest BCUT2D eigenvalue weighted by Crippen LogP contribution is -1.83. The number of nitrogens with two attached hydrogens (primary N) is 1. The van der Waals surface area contributed by atoms with Crippen LogP contribution in [0.4, 0.5) is 5.69 Å². The number of hydrogen-bond donors (Lipinski definition) is 2. The highest BCUT2D eigenvalue weighted by Crippen LogP contribution is 2.34. The summed E-state index contributed by atoms with van der Waals surface area (Å²) < 4.78 is 5.60. The van der Waals surface area contributed by atoms with Crippen LogP contribution in [-0.2, 0) is 0 Å². The quantitative estimate of drug-likeness (QED) is 0.432. The molecule has 15 heavy (non-hydrogen) atoms. The molecule has 3 N–H and O–H groups in total. The molecule has 1 aromatic heterocycles. The number of benzene rings is 2. The maximum atomic E-state index is 9.53. The molecule has 1 heterocycles. The molecule has 3 rings (SSSR count). The third-order valence-electron chi connectivity index (χ3n) is 2.53. The van der Waals surface area contributed by atoms with E-state index in [-0.39, 0.29) is 5.75 Å². The van der Waals surface area contributed by atoms with E-state index in [4.69, 9.17) is 10.2 Å². The highest BCUT2D eigenvalue weighted by Gasteiger charge is 2.08. The fourth-order valence-electron chi connectivity index (χ4n) is 1.78. The van der Waals surface area contributed by atoms with Crippen LogP contribution in [0.1, 0.15) is 0 Å². The SMILES string of the molecule is Nc1cc2oc3ccccc3c2cc1O. The first kappa shape index (κ1) is 8.17. The highest BCUT2D eigenvalue weighted by molar-refractivity contribution is 6.06. The molecule has 0 saturated heterocycles. The van der Waals surface area contributed by atoms with E-state index < -0.39 is 0 Å².